The number of carbonyl (C=O) groups is 1. The van der Waals surface area contributed by atoms with Gasteiger partial charge in [0.15, 0.2) is 0 Å². The van der Waals surface area contributed by atoms with Crippen molar-refractivity contribution >= 4 is 40.3 Å². The average Bonchev–Trinajstić information content (AvgIpc) is 3.10. The van der Waals surface area contributed by atoms with Crippen LogP contribution in [-0.2, 0) is 11.3 Å². The number of carbonyl (C=O) groups excluding carboxylic acids is 1. The topological polar surface area (TPSA) is 48.0 Å². The van der Waals surface area contributed by atoms with Crippen molar-refractivity contribution < 1.29 is 19.0 Å². The van der Waals surface area contributed by atoms with Crippen LogP contribution in [0.4, 0.5) is 0 Å². The lowest BCUT2D eigenvalue weighted by molar-refractivity contribution is -0.122. The molecule has 5 nitrogen and oxygen atoms in total. The number of thiocarbonyl (C=S) groups is 1. The fourth-order valence-electron chi connectivity index (χ4n) is 3.26. The molecule has 0 aromatic heterocycles. The Kier molecular flexibility index (Phi) is 7.65. The molecular weight excluding hydrogens is 454 g/mol. The zero-order valence-corrected chi connectivity index (χ0v) is 19.7. The first kappa shape index (κ1) is 22.9. The first-order valence-corrected chi connectivity index (χ1v) is 11.6. The summed E-state index contributed by atoms with van der Waals surface area (Å²) in [7, 11) is 1.62. The summed E-state index contributed by atoms with van der Waals surface area (Å²) in [5, 5.41) is 0. The third-order valence-corrected chi connectivity index (χ3v) is 6.25. The second kappa shape index (κ2) is 11.0. The molecule has 0 bridgehead atoms. The molecule has 1 saturated heterocycles. The molecule has 0 spiro atoms. The van der Waals surface area contributed by atoms with E-state index in [9.17, 15) is 4.79 Å². The maximum absolute atomic E-state index is 12.9. The van der Waals surface area contributed by atoms with Crippen LogP contribution in [0, 0.1) is 0 Å². The van der Waals surface area contributed by atoms with Gasteiger partial charge in [-0.3, -0.25) is 9.69 Å². The fourth-order valence-corrected chi connectivity index (χ4v) is 4.51. The number of nitrogens with zero attached hydrogens (tertiary/aromatic N) is 1. The van der Waals surface area contributed by atoms with Gasteiger partial charge in [-0.15, -0.1) is 0 Å². The summed E-state index contributed by atoms with van der Waals surface area (Å²) in [4.78, 5) is 15.1. The van der Waals surface area contributed by atoms with Gasteiger partial charge in [0.2, 0.25) is 0 Å². The van der Waals surface area contributed by atoms with Crippen molar-refractivity contribution in [3.8, 4) is 17.2 Å². The number of hydrogen-bond acceptors (Lipinski definition) is 6. The summed E-state index contributed by atoms with van der Waals surface area (Å²) in [5.41, 5.74) is 1.92. The van der Waals surface area contributed by atoms with Crippen molar-refractivity contribution in [2.24, 2.45) is 0 Å². The van der Waals surface area contributed by atoms with Crippen molar-refractivity contribution in [1.82, 2.24) is 4.90 Å². The highest BCUT2D eigenvalue weighted by molar-refractivity contribution is 8.26. The Labute approximate surface area is 203 Å². The highest BCUT2D eigenvalue weighted by Crippen LogP contribution is 2.34. The van der Waals surface area contributed by atoms with E-state index in [4.69, 9.17) is 26.4 Å². The number of amides is 1. The second-order valence-electron chi connectivity index (χ2n) is 7.20. The number of methoxy groups -OCH3 is 1. The molecule has 7 heteroatoms. The number of rotatable bonds is 9. The van der Waals surface area contributed by atoms with Crippen LogP contribution in [0.1, 0.15) is 11.1 Å². The molecule has 0 unspecified atom stereocenters. The highest BCUT2D eigenvalue weighted by Gasteiger charge is 2.31. The molecule has 0 aliphatic carbocycles. The van der Waals surface area contributed by atoms with E-state index < -0.39 is 0 Å². The third kappa shape index (κ3) is 6.15. The number of thioether (sulfide) groups is 1. The minimum atomic E-state index is -0.0770. The van der Waals surface area contributed by atoms with E-state index in [1.54, 1.807) is 12.0 Å². The smallest absolute Gasteiger partial charge is 0.266 e. The SMILES string of the molecule is COc1cccc(OCCOc2cccc(/C=C3\SC(=S)N(Cc4ccccc4)C3=O)c2)c1. The molecular formula is C26H23NO4S2. The predicted octanol–water partition coefficient (Wildman–Crippen LogP) is 5.55. The summed E-state index contributed by atoms with van der Waals surface area (Å²) in [6, 6.07) is 24.9. The maximum Gasteiger partial charge on any atom is 0.266 e. The van der Waals surface area contributed by atoms with Crippen molar-refractivity contribution in [3.05, 3.63) is 94.9 Å². The number of hydrogen-bond donors (Lipinski definition) is 0. The molecule has 1 heterocycles. The zero-order chi connectivity index (χ0) is 23.0. The fraction of sp³-hybridized carbons (Fsp3) is 0.154. The minimum absolute atomic E-state index is 0.0770. The summed E-state index contributed by atoms with van der Waals surface area (Å²) in [5.74, 6) is 2.10. The lowest BCUT2D eigenvalue weighted by Gasteiger charge is -2.14. The minimum Gasteiger partial charge on any atom is -0.497 e. The lowest BCUT2D eigenvalue weighted by Crippen LogP contribution is -2.27. The van der Waals surface area contributed by atoms with Gasteiger partial charge < -0.3 is 14.2 Å². The highest BCUT2D eigenvalue weighted by atomic mass is 32.2. The van der Waals surface area contributed by atoms with E-state index in [0.29, 0.717) is 34.7 Å². The van der Waals surface area contributed by atoms with E-state index in [-0.39, 0.29) is 5.91 Å². The summed E-state index contributed by atoms with van der Waals surface area (Å²) >= 11 is 6.76. The molecule has 0 atom stereocenters. The van der Waals surface area contributed by atoms with Crippen LogP contribution in [0.25, 0.3) is 6.08 Å². The Morgan fingerprint density at radius 1 is 0.879 bits per heavy atom. The quantitative estimate of drug-likeness (QED) is 0.229. The largest absolute Gasteiger partial charge is 0.497 e. The summed E-state index contributed by atoms with van der Waals surface area (Å²) in [6.45, 7) is 1.26. The van der Waals surface area contributed by atoms with Crippen LogP contribution < -0.4 is 14.2 Å². The predicted molar refractivity (Wildman–Crippen MR) is 136 cm³/mol. The van der Waals surface area contributed by atoms with Crippen molar-refractivity contribution in [2.45, 2.75) is 6.54 Å². The molecule has 4 rings (SSSR count). The molecule has 168 valence electrons. The van der Waals surface area contributed by atoms with Crippen LogP contribution >= 0.6 is 24.0 Å². The van der Waals surface area contributed by atoms with Crippen LogP contribution in [0.15, 0.2) is 83.8 Å². The Balaban J connectivity index is 1.34. The molecule has 1 aliphatic rings. The van der Waals surface area contributed by atoms with Crippen molar-refractivity contribution in [1.29, 1.82) is 0 Å². The van der Waals surface area contributed by atoms with E-state index >= 15 is 0 Å². The Morgan fingerprint density at radius 2 is 1.55 bits per heavy atom. The van der Waals surface area contributed by atoms with Crippen LogP contribution in [0.2, 0.25) is 0 Å². The molecule has 3 aromatic rings. The maximum atomic E-state index is 12.9. The van der Waals surface area contributed by atoms with Gasteiger partial charge >= 0.3 is 0 Å². The molecule has 1 aliphatic heterocycles. The molecule has 33 heavy (non-hydrogen) atoms. The molecule has 0 radical (unpaired) electrons. The Morgan fingerprint density at radius 3 is 2.27 bits per heavy atom. The van der Waals surface area contributed by atoms with E-state index in [1.165, 1.54) is 11.8 Å². The van der Waals surface area contributed by atoms with Crippen molar-refractivity contribution in [2.75, 3.05) is 20.3 Å². The van der Waals surface area contributed by atoms with Gasteiger partial charge in [0, 0.05) is 6.07 Å². The molecule has 0 N–H and O–H groups in total. The van der Waals surface area contributed by atoms with Gasteiger partial charge in [-0.2, -0.15) is 0 Å². The Bertz CT molecular complexity index is 1160. The lowest BCUT2D eigenvalue weighted by atomic mass is 10.2. The van der Waals surface area contributed by atoms with Gasteiger partial charge in [-0.1, -0.05) is 72.5 Å². The normalized spacial score (nSPS) is 14.6. The molecule has 0 saturated carbocycles. The molecule has 1 fully saturated rings. The van der Waals surface area contributed by atoms with Gasteiger partial charge in [0.1, 0.15) is 34.8 Å². The van der Waals surface area contributed by atoms with Crippen LogP contribution in [0.5, 0.6) is 17.2 Å². The van der Waals surface area contributed by atoms with E-state index in [2.05, 4.69) is 0 Å². The van der Waals surface area contributed by atoms with Gasteiger partial charge in [0.05, 0.1) is 18.6 Å². The number of benzene rings is 3. The van der Waals surface area contributed by atoms with Gasteiger partial charge in [-0.25, -0.2) is 0 Å². The Hall–Kier alpha value is -3.29. The monoisotopic (exact) mass is 477 g/mol. The van der Waals surface area contributed by atoms with Crippen LogP contribution in [-0.4, -0.2) is 35.5 Å². The standard InChI is InChI=1S/C26H23NO4S2/c1-29-21-10-6-12-23(17-21)31-14-13-30-22-11-5-9-20(15-22)16-24-25(28)27(26(32)33-24)18-19-7-3-2-4-8-19/h2-12,15-17H,13-14,18H2,1H3/b24-16-. The van der Waals surface area contributed by atoms with Gasteiger partial charge in [-0.05, 0) is 41.5 Å². The molecule has 3 aromatic carbocycles. The van der Waals surface area contributed by atoms with Crippen molar-refractivity contribution in [3.63, 3.8) is 0 Å². The number of ether oxygens (including phenoxy) is 3. The molecule has 1 amide bonds. The average molecular weight is 478 g/mol. The first-order valence-electron chi connectivity index (χ1n) is 10.4. The third-order valence-electron chi connectivity index (χ3n) is 4.87. The second-order valence-corrected chi connectivity index (χ2v) is 8.88. The summed E-state index contributed by atoms with van der Waals surface area (Å²) < 4.78 is 17.3. The van der Waals surface area contributed by atoms with Gasteiger partial charge in [0.25, 0.3) is 5.91 Å². The van der Waals surface area contributed by atoms with E-state index in [1.807, 2.05) is 84.9 Å². The summed E-state index contributed by atoms with van der Waals surface area (Å²) in [6.07, 6.45) is 1.85. The zero-order valence-electron chi connectivity index (χ0n) is 18.1. The first-order chi connectivity index (χ1) is 16.1. The van der Waals surface area contributed by atoms with Crippen LogP contribution in [0.3, 0.4) is 0 Å². The van der Waals surface area contributed by atoms with E-state index in [0.717, 1.165) is 22.6 Å².